The van der Waals surface area contributed by atoms with Gasteiger partial charge < -0.3 is 20.5 Å². The molecule has 0 bridgehead atoms. The Balaban J connectivity index is 1.73. The van der Waals surface area contributed by atoms with Gasteiger partial charge >= 0.3 is 0 Å². The van der Waals surface area contributed by atoms with E-state index in [1.54, 1.807) is 30.3 Å². The summed E-state index contributed by atoms with van der Waals surface area (Å²) in [5, 5.41) is 2.81. The fraction of sp³-hybridized carbons (Fsp3) is 0.143. The van der Waals surface area contributed by atoms with Gasteiger partial charge in [0.2, 0.25) is 0 Å². The maximum Gasteiger partial charge on any atom is 0.259 e. The van der Waals surface area contributed by atoms with Gasteiger partial charge in [0.1, 0.15) is 23.1 Å². The lowest BCUT2D eigenvalue weighted by molar-refractivity contribution is 0.102. The maximum absolute atomic E-state index is 12.4. The lowest BCUT2D eigenvalue weighted by atomic mass is 10.2. The lowest BCUT2D eigenvalue weighted by Gasteiger charge is -2.11. The van der Waals surface area contributed by atoms with Crippen LogP contribution in [0.5, 0.6) is 17.2 Å². The highest BCUT2D eigenvalue weighted by atomic mass is 16.5. The summed E-state index contributed by atoms with van der Waals surface area (Å²) in [6, 6.07) is 17.9. The van der Waals surface area contributed by atoms with Crippen LogP contribution in [-0.4, -0.2) is 17.5 Å². The topological polar surface area (TPSA) is 86.5 Å². The van der Waals surface area contributed by atoms with Crippen molar-refractivity contribution in [2.45, 2.75) is 13.8 Å². The van der Waals surface area contributed by atoms with Gasteiger partial charge in [0, 0.05) is 23.5 Å². The number of aryl methyl sites for hydroxylation is 1. The first-order chi connectivity index (χ1) is 13.0. The molecule has 3 rings (SSSR count). The molecule has 0 radical (unpaired) electrons. The molecular formula is C21H21N3O3. The van der Waals surface area contributed by atoms with E-state index in [-0.39, 0.29) is 11.7 Å². The number of amides is 1. The first-order valence-electron chi connectivity index (χ1n) is 8.60. The maximum atomic E-state index is 12.4. The van der Waals surface area contributed by atoms with Crippen molar-refractivity contribution in [1.29, 1.82) is 0 Å². The summed E-state index contributed by atoms with van der Waals surface area (Å²) in [6.45, 7) is 4.33. The van der Waals surface area contributed by atoms with Crippen LogP contribution in [0.4, 0.5) is 11.5 Å². The van der Waals surface area contributed by atoms with Gasteiger partial charge in [-0.2, -0.15) is 0 Å². The number of nitrogens with two attached hydrogens (primary N) is 1. The van der Waals surface area contributed by atoms with E-state index in [1.165, 1.54) is 0 Å². The number of pyridine rings is 1. The van der Waals surface area contributed by atoms with Crippen LogP contribution >= 0.6 is 0 Å². The third-order valence-electron chi connectivity index (χ3n) is 3.75. The minimum absolute atomic E-state index is 0.202. The van der Waals surface area contributed by atoms with E-state index in [4.69, 9.17) is 15.2 Å². The second-order valence-corrected chi connectivity index (χ2v) is 5.88. The number of carbonyl (C=O) groups excluding carboxylic acids is 1. The first kappa shape index (κ1) is 18.3. The summed E-state index contributed by atoms with van der Waals surface area (Å²) in [7, 11) is 0. The Hall–Kier alpha value is -3.54. The van der Waals surface area contributed by atoms with E-state index in [1.807, 2.05) is 44.2 Å². The summed E-state index contributed by atoms with van der Waals surface area (Å²) in [5.41, 5.74) is 7.52. The monoisotopic (exact) mass is 363 g/mol. The Morgan fingerprint density at radius 1 is 1.04 bits per heavy atom. The van der Waals surface area contributed by atoms with Crippen molar-refractivity contribution >= 4 is 17.4 Å². The standard InChI is InChI=1S/C21H21N3O3/c1-3-26-16-7-5-9-18(13-16)27-17-8-4-6-15(12-17)24-21(25)19-11-10-14(2)23-20(19)22/h4-13H,3H2,1-2H3,(H2,22,23)(H,24,25). The Labute approximate surface area is 158 Å². The molecule has 0 unspecified atom stereocenters. The van der Waals surface area contributed by atoms with Crippen molar-refractivity contribution < 1.29 is 14.3 Å². The lowest BCUT2D eigenvalue weighted by Crippen LogP contribution is -2.15. The highest BCUT2D eigenvalue weighted by molar-refractivity contribution is 6.07. The van der Waals surface area contributed by atoms with Crippen LogP contribution in [0.25, 0.3) is 0 Å². The molecule has 138 valence electrons. The molecule has 0 saturated heterocycles. The highest BCUT2D eigenvalue weighted by Gasteiger charge is 2.11. The quantitative estimate of drug-likeness (QED) is 0.677. The van der Waals surface area contributed by atoms with Crippen LogP contribution in [-0.2, 0) is 0 Å². The number of hydrogen-bond donors (Lipinski definition) is 2. The molecule has 6 nitrogen and oxygen atoms in total. The molecule has 0 aliphatic rings. The smallest absolute Gasteiger partial charge is 0.259 e. The molecule has 1 aromatic heterocycles. The van der Waals surface area contributed by atoms with Gasteiger partial charge in [0.15, 0.2) is 0 Å². The van der Waals surface area contributed by atoms with Crippen LogP contribution < -0.4 is 20.5 Å². The van der Waals surface area contributed by atoms with Gasteiger partial charge in [0.05, 0.1) is 12.2 Å². The number of nitrogens with zero attached hydrogens (tertiary/aromatic N) is 1. The Bertz CT molecular complexity index is 957. The van der Waals surface area contributed by atoms with E-state index >= 15 is 0 Å². The summed E-state index contributed by atoms with van der Waals surface area (Å²) >= 11 is 0. The minimum atomic E-state index is -0.324. The molecule has 0 fully saturated rings. The van der Waals surface area contributed by atoms with Crippen molar-refractivity contribution in [3.05, 3.63) is 71.9 Å². The number of carbonyl (C=O) groups is 1. The molecule has 3 aromatic rings. The summed E-state index contributed by atoms with van der Waals surface area (Å²) in [4.78, 5) is 16.6. The summed E-state index contributed by atoms with van der Waals surface area (Å²) < 4.78 is 11.3. The van der Waals surface area contributed by atoms with Gasteiger partial charge in [-0.1, -0.05) is 12.1 Å². The molecule has 0 spiro atoms. The van der Waals surface area contributed by atoms with Gasteiger partial charge in [0.25, 0.3) is 5.91 Å². The zero-order valence-corrected chi connectivity index (χ0v) is 15.2. The zero-order valence-electron chi connectivity index (χ0n) is 15.2. The average Bonchev–Trinajstić information content (AvgIpc) is 2.62. The number of aromatic nitrogens is 1. The fourth-order valence-electron chi connectivity index (χ4n) is 2.53. The molecular weight excluding hydrogens is 342 g/mol. The highest BCUT2D eigenvalue weighted by Crippen LogP contribution is 2.27. The van der Waals surface area contributed by atoms with Gasteiger partial charge in [-0.25, -0.2) is 4.98 Å². The van der Waals surface area contributed by atoms with Crippen LogP contribution in [0.1, 0.15) is 23.0 Å². The Morgan fingerprint density at radius 3 is 2.48 bits per heavy atom. The van der Waals surface area contributed by atoms with Crippen LogP contribution in [0, 0.1) is 6.92 Å². The van der Waals surface area contributed by atoms with Crippen molar-refractivity contribution in [3.8, 4) is 17.2 Å². The number of ether oxygens (including phenoxy) is 2. The van der Waals surface area contributed by atoms with E-state index < -0.39 is 0 Å². The second kappa shape index (κ2) is 8.23. The third kappa shape index (κ3) is 4.76. The predicted molar refractivity (Wildman–Crippen MR) is 105 cm³/mol. The molecule has 0 aliphatic carbocycles. The molecule has 3 N–H and O–H groups in total. The molecule has 27 heavy (non-hydrogen) atoms. The molecule has 0 atom stereocenters. The third-order valence-corrected chi connectivity index (χ3v) is 3.75. The number of hydrogen-bond acceptors (Lipinski definition) is 5. The molecule has 6 heteroatoms. The number of rotatable bonds is 6. The van der Waals surface area contributed by atoms with Crippen LogP contribution in [0.15, 0.2) is 60.7 Å². The minimum Gasteiger partial charge on any atom is -0.494 e. The predicted octanol–water partition coefficient (Wildman–Crippen LogP) is 4.42. The zero-order chi connectivity index (χ0) is 19.2. The SMILES string of the molecule is CCOc1cccc(Oc2cccc(NC(=O)c3ccc(C)nc3N)c2)c1. The summed E-state index contributed by atoms with van der Waals surface area (Å²) in [6.07, 6.45) is 0. The molecule has 1 amide bonds. The first-order valence-corrected chi connectivity index (χ1v) is 8.60. The summed E-state index contributed by atoms with van der Waals surface area (Å²) in [5.74, 6) is 1.86. The number of benzene rings is 2. The fourth-order valence-corrected chi connectivity index (χ4v) is 2.53. The van der Waals surface area contributed by atoms with E-state index in [2.05, 4.69) is 10.3 Å². The van der Waals surface area contributed by atoms with Gasteiger partial charge in [-0.15, -0.1) is 0 Å². The Morgan fingerprint density at radius 2 is 1.74 bits per heavy atom. The van der Waals surface area contributed by atoms with Crippen molar-refractivity contribution in [2.24, 2.45) is 0 Å². The van der Waals surface area contributed by atoms with Crippen molar-refractivity contribution in [3.63, 3.8) is 0 Å². The second-order valence-electron chi connectivity index (χ2n) is 5.88. The van der Waals surface area contributed by atoms with Crippen LogP contribution in [0.2, 0.25) is 0 Å². The van der Waals surface area contributed by atoms with E-state index in [0.29, 0.717) is 29.4 Å². The van der Waals surface area contributed by atoms with E-state index in [9.17, 15) is 4.79 Å². The van der Waals surface area contributed by atoms with E-state index in [0.717, 1.165) is 11.4 Å². The van der Waals surface area contributed by atoms with Gasteiger partial charge in [-0.05, 0) is 50.2 Å². The van der Waals surface area contributed by atoms with Crippen molar-refractivity contribution in [2.75, 3.05) is 17.7 Å². The largest absolute Gasteiger partial charge is 0.494 e. The molecule has 0 aliphatic heterocycles. The van der Waals surface area contributed by atoms with Crippen molar-refractivity contribution in [1.82, 2.24) is 4.98 Å². The molecule has 2 aromatic carbocycles. The number of nitrogen functional groups attached to an aromatic ring is 1. The molecule has 1 heterocycles. The van der Waals surface area contributed by atoms with Crippen LogP contribution in [0.3, 0.4) is 0 Å². The normalized spacial score (nSPS) is 10.3. The Kier molecular flexibility index (Phi) is 5.56. The van der Waals surface area contributed by atoms with Gasteiger partial charge in [-0.3, -0.25) is 4.79 Å². The average molecular weight is 363 g/mol. The molecule has 0 saturated carbocycles. The number of nitrogens with one attached hydrogen (secondary N) is 1. The number of anilines is 2.